The Balaban J connectivity index is 2.19. The number of anilines is 1. The van der Waals surface area contributed by atoms with Gasteiger partial charge in [0.2, 0.25) is 0 Å². The second kappa shape index (κ2) is 6.15. The summed E-state index contributed by atoms with van der Waals surface area (Å²) in [7, 11) is 0. The number of nitrogens with two attached hydrogens (primary N) is 1. The molecule has 1 aromatic heterocycles. The van der Waals surface area contributed by atoms with E-state index in [4.69, 9.17) is 5.73 Å². The van der Waals surface area contributed by atoms with Gasteiger partial charge in [0, 0.05) is 22.7 Å². The van der Waals surface area contributed by atoms with Gasteiger partial charge in [-0.3, -0.25) is 0 Å². The topological polar surface area (TPSA) is 51.8 Å². The zero-order chi connectivity index (χ0) is 13.8. The van der Waals surface area contributed by atoms with Crippen molar-refractivity contribution in [1.82, 2.24) is 9.97 Å². The molecule has 2 aromatic rings. The SMILES string of the molecule is CC(C)Cc1cc(N)nc(Cc2ccc(Br)cc2)n1. The molecule has 0 saturated carbocycles. The highest BCUT2D eigenvalue weighted by atomic mass is 79.9. The largest absolute Gasteiger partial charge is 0.384 e. The van der Waals surface area contributed by atoms with Gasteiger partial charge >= 0.3 is 0 Å². The molecule has 0 aliphatic heterocycles. The summed E-state index contributed by atoms with van der Waals surface area (Å²) in [6.07, 6.45) is 1.64. The van der Waals surface area contributed by atoms with Crippen molar-refractivity contribution in [1.29, 1.82) is 0 Å². The number of halogens is 1. The molecule has 0 amide bonds. The van der Waals surface area contributed by atoms with Gasteiger partial charge in [0.15, 0.2) is 0 Å². The van der Waals surface area contributed by atoms with Crippen molar-refractivity contribution in [3.05, 3.63) is 51.9 Å². The Morgan fingerprint density at radius 3 is 2.47 bits per heavy atom. The van der Waals surface area contributed by atoms with Crippen LogP contribution in [0.25, 0.3) is 0 Å². The average Bonchev–Trinajstić information content (AvgIpc) is 2.30. The molecular weight excluding hydrogens is 302 g/mol. The molecular formula is C15H18BrN3. The molecule has 1 heterocycles. The summed E-state index contributed by atoms with van der Waals surface area (Å²) in [5.74, 6) is 1.91. The van der Waals surface area contributed by atoms with Crippen molar-refractivity contribution >= 4 is 21.7 Å². The van der Waals surface area contributed by atoms with E-state index in [1.165, 1.54) is 5.56 Å². The Labute approximate surface area is 122 Å². The van der Waals surface area contributed by atoms with Crippen LogP contribution in [0.2, 0.25) is 0 Å². The van der Waals surface area contributed by atoms with Crippen molar-refractivity contribution in [2.45, 2.75) is 26.7 Å². The van der Waals surface area contributed by atoms with Gasteiger partial charge in [-0.15, -0.1) is 0 Å². The third kappa shape index (κ3) is 4.31. The standard InChI is InChI=1S/C15H18BrN3/c1-10(2)7-13-9-14(17)19-15(18-13)8-11-3-5-12(16)6-4-11/h3-6,9-10H,7-8H2,1-2H3,(H2,17,18,19). The van der Waals surface area contributed by atoms with Crippen molar-refractivity contribution in [3.8, 4) is 0 Å². The minimum Gasteiger partial charge on any atom is -0.384 e. The Hall–Kier alpha value is -1.42. The monoisotopic (exact) mass is 319 g/mol. The zero-order valence-electron chi connectivity index (χ0n) is 11.2. The third-order valence-electron chi connectivity index (χ3n) is 2.74. The number of hydrogen-bond acceptors (Lipinski definition) is 3. The smallest absolute Gasteiger partial charge is 0.135 e. The van der Waals surface area contributed by atoms with Crippen LogP contribution in [-0.2, 0) is 12.8 Å². The first-order chi connectivity index (χ1) is 9.02. The lowest BCUT2D eigenvalue weighted by Crippen LogP contribution is -2.06. The van der Waals surface area contributed by atoms with Gasteiger partial charge in [-0.1, -0.05) is 41.9 Å². The number of nitrogens with zero attached hydrogens (tertiary/aromatic N) is 2. The van der Waals surface area contributed by atoms with E-state index in [0.29, 0.717) is 18.2 Å². The highest BCUT2D eigenvalue weighted by Crippen LogP contribution is 2.14. The molecule has 0 saturated heterocycles. The van der Waals surface area contributed by atoms with Crippen LogP contribution in [0.5, 0.6) is 0 Å². The average molecular weight is 320 g/mol. The molecule has 2 N–H and O–H groups in total. The molecule has 4 heteroatoms. The molecule has 0 unspecified atom stereocenters. The van der Waals surface area contributed by atoms with Crippen LogP contribution < -0.4 is 5.73 Å². The molecule has 0 atom stereocenters. The molecule has 100 valence electrons. The first-order valence-corrected chi connectivity index (χ1v) is 7.19. The maximum atomic E-state index is 5.85. The minimum atomic E-state index is 0.553. The predicted molar refractivity (Wildman–Crippen MR) is 81.9 cm³/mol. The normalized spacial score (nSPS) is 10.9. The summed E-state index contributed by atoms with van der Waals surface area (Å²) < 4.78 is 1.07. The first-order valence-electron chi connectivity index (χ1n) is 6.39. The molecule has 0 radical (unpaired) electrons. The van der Waals surface area contributed by atoms with Crippen molar-refractivity contribution < 1.29 is 0 Å². The van der Waals surface area contributed by atoms with E-state index in [2.05, 4.69) is 51.9 Å². The summed E-state index contributed by atoms with van der Waals surface area (Å²) in [5.41, 5.74) is 8.06. The summed E-state index contributed by atoms with van der Waals surface area (Å²) >= 11 is 3.43. The number of aromatic nitrogens is 2. The molecule has 0 bridgehead atoms. The van der Waals surface area contributed by atoms with Gasteiger partial charge in [0.25, 0.3) is 0 Å². The van der Waals surface area contributed by atoms with Gasteiger partial charge in [-0.05, 0) is 30.0 Å². The van der Waals surface area contributed by atoms with Crippen LogP contribution in [0, 0.1) is 5.92 Å². The number of hydrogen-bond donors (Lipinski definition) is 1. The molecule has 1 aromatic carbocycles. The number of rotatable bonds is 4. The van der Waals surface area contributed by atoms with Gasteiger partial charge in [-0.25, -0.2) is 9.97 Å². The van der Waals surface area contributed by atoms with E-state index >= 15 is 0 Å². The van der Waals surface area contributed by atoms with Crippen LogP contribution in [0.3, 0.4) is 0 Å². The van der Waals surface area contributed by atoms with Crippen LogP contribution in [-0.4, -0.2) is 9.97 Å². The predicted octanol–water partition coefficient (Wildman–Crippen LogP) is 3.61. The highest BCUT2D eigenvalue weighted by Gasteiger charge is 2.06. The molecule has 0 aliphatic rings. The zero-order valence-corrected chi connectivity index (χ0v) is 12.8. The lowest BCUT2D eigenvalue weighted by atomic mass is 10.1. The second-order valence-corrected chi connectivity index (χ2v) is 6.02. The fourth-order valence-corrected chi connectivity index (χ4v) is 2.23. The fraction of sp³-hybridized carbons (Fsp3) is 0.333. The molecule has 0 aliphatic carbocycles. The van der Waals surface area contributed by atoms with E-state index in [1.807, 2.05) is 18.2 Å². The minimum absolute atomic E-state index is 0.553. The van der Waals surface area contributed by atoms with Crippen LogP contribution in [0.15, 0.2) is 34.8 Å². The molecule has 3 nitrogen and oxygen atoms in total. The van der Waals surface area contributed by atoms with Crippen LogP contribution >= 0.6 is 15.9 Å². The van der Waals surface area contributed by atoms with E-state index in [1.54, 1.807) is 0 Å². The van der Waals surface area contributed by atoms with E-state index in [9.17, 15) is 0 Å². The molecule has 19 heavy (non-hydrogen) atoms. The quantitative estimate of drug-likeness (QED) is 0.936. The van der Waals surface area contributed by atoms with Crippen molar-refractivity contribution in [2.24, 2.45) is 5.92 Å². The maximum absolute atomic E-state index is 5.85. The fourth-order valence-electron chi connectivity index (χ4n) is 1.96. The summed E-state index contributed by atoms with van der Waals surface area (Å²) in [6.45, 7) is 4.35. The Kier molecular flexibility index (Phi) is 4.53. The van der Waals surface area contributed by atoms with Gasteiger partial charge < -0.3 is 5.73 Å². The Morgan fingerprint density at radius 1 is 1.16 bits per heavy atom. The maximum Gasteiger partial charge on any atom is 0.135 e. The Morgan fingerprint density at radius 2 is 1.84 bits per heavy atom. The van der Waals surface area contributed by atoms with Crippen LogP contribution in [0.1, 0.15) is 30.9 Å². The summed E-state index contributed by atoms with van der Waals surface area (Å²) in [6, 6.07) is 10.1. The van der Waals surface area contributed by atoms with Gasteiger partial charge in [0.1, 0.15) is 11.6 Å². The van der Waals surface area contributed by atoms with Crippen molar-refractivity contribution in [2.75, 3.05) is 5.73 Å². The number of benzene rings is 1. The van der Waals surface area contributed by atoms with Gasteiger partial charge in [0.05, 0.1) is 0 Å². The Bertz CT molecular complexity index is 550. The highest BCUT2D eigenvalue weighted by molar-refractivity contribution is 9.10. The summed E-state index contributed by atoms with van der Waals surface area (Å²) in [5, 5.41) is 0. The first kappa shape index (κ1) is 14.0. The molecule has 0 fully saturated rings. The lowest BCUT2D eigenvalue weighted by Gasteiger charge is -2.08. The summed E-state index contributed by atoms with van der Waals surface area (Å²) in [4.78, 5) is 8.90. The van der Waals surface area contributed by atoms with Crippen LogP contribution in [0.4, 0.5) is 5.82 Å². The molecule has 2 rings (SSSR count). The van der Waals surface area contributed by atoms with E-state index in [0.717, 1.165) is 22.4 Å². The lowest BCUT2D eigenvalue weighted by molar-refractivity contribution is 0.631. The second-order valence-electron chi connectivity index (χ2n) is 5.10. The van der Waals surface area contributed by atoms with E-state index < -0.39 is 0 Å². The van der Waals surface area contributed by atoms with E-state index in [-0.39, 0.29) is 0 Å². The molecule has 0 spiro atoms. The van der Waals surface area contributed by atoms with Crippen molar-refractivity contribution in [3.63, 3.8) is 0 Å². The third-order valence-corrected chi connectivity index (χ3v) is 3.27. The number of nitrogen functional groups attached to an aromatic ring is 1. The van der Waals surface area contributed by atoms with Gasteiger partial charge in [-0.2, -0.15) is 0 Å².